The first-order chi connectivity index (χ1) is 5.70. The summed E-state index contributed by atoms with van der Waals surface area (Å²) in [4.78, 5) is 1.64. The Morgan fingerprint density at radius 3 is 2.42 bits per heavy atom. The van der Waals surface area contributed by atoms with E-state index in [-0.39, 0.29) is 5.84 Å². The molecule has 1 rings (SSSR count). The van der Waals surface area contributed by atoms with Crippen LogP contribution in [0.2, 0.25) is 0 Å². The van der Waals surface area contributed by atoms with E-state index in [0.29, 0.717) is 4.91 Å². The van der Waals surface area contributed by atoms with Gasteiger partial charge in [-0.3, -0.25) is 5.41 Å². The fourth-order valence-electron chi connectivity index (χ4n) is 0.686. The summed E-state index contributed by atoms with van der Waals surface area (Å²) >= 11 is 1.41. The zero-order valence-electron chi connectivity index (χ0n) is 6.58. The third-order valence-corrected chi connectivity index (χ3v) is 2.26. The summed E-state index contributed by atoms with van der Waals surface area (Å²) in [6.45, 7) is 3.66. The molecular formula is C9H10N2S. The lowest BCUT2D eigenvalue weighted by Gasteiger charge is -2.01. The lowest BCUT2D eigenvalue weighted by atomic mass is 10.4. The summed E-state index contributed by atoms with van der Waals surface area (Å²) in [7, 11) is 0. The molecule has 3 N–H and O–H groups in total. The van der Waals surface area contributed by atoms with Gasteiger partial charge in [-0.15, -0.1) is 0 Å². The summed E-state index contributed by atoms with van der Waals surface area (Å²) in [5.41, 5.74) is 5.25. The number of thioether (sulfide) groups is 1. The summed E-state index contributed by atoms with van der Waals surface area (Å²) in [5.74, 6) is 0.0313. The Kier molecular flexibility index (Phi) is 2.94. The van der Waals surface area contributed by atoms with Gasteiger partial charge >= 0.3 is 0 Å². The molecule has 62 valence electrons. The van der Waals surface area contributed by atoms with Gasteiger partial charge in [-0.2, -0.15) is 0 Å². The summed E-state index contributed by atoms with van der Waals surface area (Å²) in [6, 6.07) is 9.74. The van der Waals surface area contributed by atoms with Gasteiger partial charge in [0, 0.05) is 9.80 Å². The van der Waals surface area contributed by atoms with Crippen LogP contribution in [0.25, 0.3) is 0 Å². The number of amidine groups is 1. The molecule has 0 saturated heterocycles. The van der Waals surface area contributed by atoms with Crippen LogP contribution in [0.5, 0.6) is 0 Å². The van der Waals surface area contributed by atoms with Gasteiger partial charge in [0.25, 0.3) is 0 Å². The molecule has 0 atom stereocenters. The quantitative estimate of drug-likeness (QED) is 0.423. The van der Waals surface area contributed by atoms with Crippen LogP contribution < -0.4 is 5.73 Å². The second kappa shape index (κ2) is 3.97. The van der Waals surface area contributed by atoms with Gasteiger partial charge in [0.2, 0.25) is 0 Å². The molecule has 0 radical (unpaired) electrons. The van der Waals surface area contributed by atoms with Crippen molar-refractivity contribution >= 4 is 17.6 Å². The normalized spacial score (nSPS) is 9.33. The average Bonchev–Trinajstić information content (AvgIpc) is 2.06. The maximum Gasteiger partial charge on any atom is 0.129 e. The zero-order chi connectivity index (χ0) is 8.97. The molecule has 0 fully saturated rings. The molecule has 0 aliphatic carbocycles. The molecule has 2 nitrogen and oxygen atoms in total. The van der Waals surface area contributed by atoms with Crippen molar-refractivity contribution in [2.45, 2.75) is 4.90 Å². The van der Waals surface area contributed by atoms with Crippen LogP contribution in [0.15, 0.2) is 46.7 Å². The van der Waals surface area contributed by atoms with E-state index in [1.54, 1.807) is 0 Å². The van der Waals surface area contributed by atoms with Crippen molar-refractivity contribution in [3.63, 3.8) is 0 Å². The number of nitrogens with two attached hydrogens (primary N) is 1. The van der Waals surface area contributed by atoms with Crippen LogP contribution in [-0.2, 0) is 0 Å². The molecule has 0 spiro atoms. The minimum atomic E-state index is 0.0313. The van der Waals surface area contributed by atoms with E-state index in [1.807, 2.05) is 30.3 Å². The SMILES string of the molecule is C=C(Sc1ccccc1)C(=N)N. The number of hydrogen-bond acceptors (Lipinski definition) is 2. The van der Waals surface area contributed by atoms with Crippen LogP contribution in [0.4, 0.5) is 0 Å². The van der Waals surface area contributed by atoms with E-state index < -0.39 is 0 Å². The smallest absolute Gasteiger partial charge is 0.129 e. The Morgan fingerprint density at radius 1 is 1.33 bits per heavy atom. The van der Waals surface area contributed by atoms with Gasteiger partial charge < -0.3 is 5.73 Å². The predicted molar refractivity (Wildman–Crippen MR) is 53.4 cm³/mol. The van der Waals surface area contributed by atoms with Crippen molar-refractivity contribution in [2.24, 2.45) is 5.73 Å². The molecular weight excluding hydrogens is 168 g/mol. The molecule has 1 aromatic carbocycles. The van der Waals surface area contributed by atoms with Crippen LogP contribution in [0, 0.1) is 5.41 Å². The molecule has 0 aromatic heterocycles. The molecule has 1 aromatic rings. The lowest BCUT2D eigenvalue weighted by molar-refractivity contribution is 1.44. The molecule has 0 aliphatic heterocycles. The topological polar surface area (TPSA) is 49.9 Å². The van der Waals surface area contributed by atoms with Crippen molar-refractivity contribution in [3.05, 3.63) is 41.8 Å². The predicted octanol–water partition coefficient (Wildman–Crippen LogP) is 2.23. The molecule has 3 heteroatoms. The summed E-state index contributed by atoms with van der Waals surface area (Å²) in [6.07, 6.45) is 0. The van der Waals surface area contributed by atoms with Crippen molar-refractivity contribution < 1.29 is 0 Å². The van der Waals surface area contributed by atoms with Gasteiger partial charge in [-0.05, 0) is 12.1 Å². The van der Waals surface area contributed by atoms with Crippen LogP contribution >= 0.6 is 11.8 Å². The highest BCUT2D eigenvalue weighted by Gasteiger charge is 1.99. The van der Waals surface area contributed by atoms with E-state index in [0.717, 1.165) is 4.90 Å². The third kappa shape index (κ3) is 2.43. The Hall–Kier alpha value is -1.22. The highest BCUT2D eigenvalue weighted by atomic mass is 32.2. The number of nitrogens with one attached hydrogen (secondary N) is 1. The van der Waals surface area contributed by atoms with Gasteiger partial charge in [-0.25, -0.2) is 0 Å². The molecule has 0 heterocycles. The van der Waals surface area contributed by atoms with Gasteiger partial charge in [0.05, 0.1) is 0 Å². The third-order valence-electron chi connectivity index (χ3n) is 1.28. The Bertz CT molecular complexity index is 293. The van der Waals surface area contributed by atoms with E-state index in [4.69, 9.17) is 11.1 Å². The largest absolute Gasteiger partial charge is 0.383 e. The molecule has 0 amide bonds. The second-order valence-corrected chi connectivity index (χ2v) is 3.42. The highest BCUT2D eigenvalue weighted by molar-refractivity contribution is 8.04. The first-order valence-electron chi connectivity index (χ1n) is 3.46. The van der Waals surface area contributed by atoms with E-state index in [9.17, 15) is 0 Å². The fourth-order valence-corrected chi connectivity index (χ4v) is 1.37. The Labute approximate surface area is 76.0 Å². The van der Waals surface area contributed by atoms with Gasteiger partial charge in [-0.1, -0.05) is 36.5 Å². The first-order valence-corrected chi connectivity index (χ1v) is 4.28. The fraction of sp³-hybridized carbons (Fsp3) is 0. The molecule has 0 bridgehead atoms. The van der Waals surface area contributed by atoms with Crippen LogP contribution in [-0.4, -0.2) is 5.84 Å². The van der Waals surface area contributed by atoms with Crippen LogP contribution in [0.3, 0.4) is 0 Å². The molecule has 0 unspecified atom stereocenters. The van der Waals surface area contributed by atoms with E-state index in [1.165, 1.54) is 11.8 Å². The Morgan fingerprint density at radius 2 is 1.92 bits per heavy atom. The monoisotopic (exact) mass is 178 g/mol. The maximum atomic E-state index is 7.11. The van der Waals surface area contributed by atoms with Crippen LogP contribution in [0.1, 0.15) is 0 Å². The van der Waals surface area contributed by atoms with Crippen molar-refractivity contribution in [1.29, 1.82) is 5.41 Å². The van der Waals surface area contributed by atoms with E-state index >= 15 is 0 Å². The van der Waals surface area contributed by atoms with E-state index in [2.05, 4.69) is 6.58 Å². The molecule has 0 saturated carbocycles. The number of benzene rings is 1. The lowest BCUT2D eigenvalue weighted by Crippen LogP contribution is -2.09. The van der Waals surface area contributed by atoms with Crippen molar-refractivity contribution in [2.75, 3.05) is 0 Å². The van der Waals surface area contributed by atoms with Crippen molar-refractivity contribution in [1.82, 2.24) is 0 Å². The summed E-state index contributed by atoms with van der Waals surface area (Å²) in [5, 5.41) is 7.11. The van der Waals surface area contributed by atoms with Gasteiger partial charge in [0.1, 0.15) is 5.84 Å². The maximum absolute atomic E-state index is 7.11. The second-order valence-electron chi connectivity index (χ2n) is 2.25. The molecule has 0 aliphatic rings. The Balaban J connectivity index is 2.65. The van der Waals surface area contributed by atoms with Crippen molar-refractivity contribution in [3.8, 4) is 0 Å². The zero-order valence-corrected chi connectivity index (χ0v) is 7.40. The summed E-state index contributed by atoms with van der Waals surface area (Å²) < 4.78 is 0. The minimum Gasteiger partial charge on any atom is -0.383 e. The number of hydrogen-bond donors (Lipinski definition) is 2. The average molecular weight is 178 g/mol. The highest BCUT2D eigenvalue weighted by Crippen LogP contribution is 2.23. The number of rotatable bonds is 3. The minimum absolute atomic E-state index is 0.0313. The standard InChI is InChI=1S/C9H10N2S/c1-7(9(10)11)12-8-5-3-2-4-6-8/h2-6H,1H2,(H3,10,11). The first kappa shape index (κ1) is 8.87. The molecule has 12 heavy (non-hydrogen) atoms. The van der Waals surface area contributed by atoms with Gasteiger partial charge in [0.15, 0.2) is 0 Å².